The molecule has 1 saturated heterocycles. The van der Waals surface area contributed by atoms with Crippen molar-refractivity contribution in [2.75, 3.05) is 13.1 Å². The summed E-state index contributed by atoms with van der Waals surface area (Å²) in [7, 11) is 0. The van der Waals surface area contributed by atoms with Crippen molar-refractivity contribution < 1.29 is 23.1 Å². The van der Waals surface area contributed by atoms with E-state index in [1.54, 1.807) is 4.57 Å². The SMILES string of the molecule is CC(C)CCN1CC[C@@H](C)N2C(=O)c3c(OCc4ccccc4)c(=O)c(C(=O)NCc4ccc(F)cc4F)cn3CC12. The Morgan fingerprint density at radius 1 is 1.12 bits per heavy atom. The van der Waals surface area contributed by atoms with Crippen LogP contribution in [0.4, 0.5) is 8.78 Å². The first-order valence-corrected chi connectivity index (χ1v) is 14.4. The molecular weight excluding hydrogens is 542 g/mol. The Hall–Kier alpha value is -4.05. The molecule has 10 heteroatoms. The summed E-state index contributed by atoms with van der Waals surface area (Å²) in [6.07, 6.45) is 2.95. The standard InChI is InChI=1S/C32H36F2N4O4/c1-20(2)11-13-36-14-12-21(3)38-27(36)18-37-17-25(31(40)35-16-23-9-10-24(33)15-26(23)34)29(39)30(28(37)32(38)41)42-19-22-7-5-4-6-8-22/h4-10,15,17,20-21,27H,11-14,16,18-19H2,1-3H3,(H,35,40)/t21-,27?/m1/s1. The van der Waals surface area contributed by atoms with Crippen LogP contribution in [-0.2, 0) is 19.7 Å². The molecule has 5 rings (SSSR count). The van der Waals surface area contributed by atoms with Gasteiger partial charge >= 0.3 is 0 Å². The molecule has 2 aromatic carbocycles. The van der Waals surface area contributed by atoms with Gasteiger partial charge < -0.3 is 19.5 Å². The summed E-state index contributed by atoms with van der Waals surface area (Å²) in [6, 6.07) is 12.3. The van der Waals surface area contributed by atoms with Gasteiger partial charge in [0.15, 0.2) is 11.4 Å². The van der Waals surface area contributed by atoms with E-state index in [1.165, 1.54) is 12.3 Å². The Kier molecular flexibility index (Phi) is 8.72. The van der Waals surface area contributed by atoms with E-state index in [0.29, 0.717) is 12.5 Å². The Bertz CT molecular complexity index is 1520. The average molecular weight is 579 g/mol. The van der Waals surface area contributed by atoms with Gasteiger partial charge in [-0.1, -0.05) is 50.2 Å². The topological polar surface area (TPSA) is 83.9 Å². The number of nitrogens with one attached hydrogen (secondary N) is 1. The Balaban J connectivity index is 1.51. The lowest BCUT2D eigenvalue weighted by Gasteiger charge is -2.50. The number of ether oxygens (including phenoxy) is 1. The maximum Gasteiger partial charge on any atom is 0.276 e. The maximum absolute atomic E-state index is 14.2. The van der Waals surface area contributed by atoms with Gasteiger partial charge in [-0.25, -0.2) is 8.78 Å². The van der Waals surface area contributed by atoms with Crippen molar-refractivity contribution >= 4 is 11.8 Å². The summed E-state index contributed by atoms with van der Waals surface area (Å²) < 4.78 is 35.2. The molecule has 1 fully saturated rings. The van der Waals surface area contributed by atoms with Crippen molar-refractivity contribution in [1.82, 2.24) is 19.7 Å². The largest absolute Gasteiger partial charge is 0.483 e. The summed E-state index contributed by atoms with van der Waals surface area (Å²) in [4.78, 5) is 45.3. The van der Waals surface area contributed by atoms with E-state index >= 15 is 0 Å². The third kappa shape index (κ3) is 6.09. The van der Waals surface area contributed by atoms with E-state index in [1.807, 2.05) is 42.2 Å². The van der Waals surface area contributed by atoms with Crippen LogP contribution in [0.1, 0.15) is 65.6 Å². The predicted molar refractivity (Wildman–Crippen MR) is 154 cm³/mol. The molecule has 3 heterocycles. The number of aromatic nitrogens is 1. The van der Waals surface area contributed by atoms with Crippen molar-refractivity contribution in [3.8, 4) is 5.75 Å². The number of benzene rings is 2. The van der Waals surface area contributed by atoms with Gasteiger partial charge in [-0.3, -0.25) is 19.3 Å². The van der Waals surface area contributed by atoms with Crippen molar-refractivity contribution in [2.24, 2.45) is 5.92 Å². The average Bonchev–Trinajstić information content (AvgIpc) is 2.96. The van der Waals surface area contributed by atoms with Crippen LogP contribution in [0, 0.1) is 17.6 Å². The number of hydrogen-bond donors (Lipinski definition) is 1. The highest BCUT2D eigenvalue weighted by molar-refractivity contribution is 5.99. The second kappa shape index (κ2) is 12.4. The molecule has 2 aliphatic heterocycles. The quantitative estimate of drug-likeness (QED) is 0.403. The first-order valence-electron chi connectivity index (χ1n) is 14.4. The molecule has 2 amide bonds. The second-order valence-electron chi connectivity index (χ2n) is 11.4. The number of carbonyl (C=O) groups is 2. The highest BCUT2D eigenvalue weighted by Gasteiger charge is 2.43. The summed E-state index contributed by atoms with van der Waals surface area (Å²) >= 11 is 0. The van der Waals surface area contributed by atoms with Crippen LogP contribution in [0.15, 0.2) is 59.5 Å². The smallest absolute Gasteiger partial charge is 0.276 e. The Morgan fingerprint density at radius 3 is 2.60 bits per heavy atom. The summed E-state index contributed by atoms with van der Waals surface area (Å²) in [6.45, 7) is 8.14. The van der Waals surface area contributed by atoms with Gasteiger partial charge in [-0.2, -0.15) is 0 Å². The summed E-state index contributed by atoms with van der Waals surface area (Å²) in [5.41, 5.74) is 0.0484. The van der Waals surface area contributed by atoms with Crippen LogP contribution in [-0.4, -0.2) is 51.5 Å². The Labute approximate surface area is 243 Å². The van der Waals surface area contributed by atoms with Crippen molar-refractivity contribution in [1.29, 1.82) is 0 Å². The van der Waals surface area contributed by atoms with Gasteiger partial charge in [-0.05, 0) is 37.3 Å². The molecule has 42 heavy (non-hydrogen) atoms. The second-order valence-corrected chi connectivity index (χ2v) is 11.4. The number of pyridine rings is 1. The zero-order valence-corrected chi connectivity index (χ0v) is 24.1. The fourth-order valence-electron chi connectivity index (χ4n) is 5.60. The lowest BCUT2D eigenvalue weighted by Crippen LogP contribution is -2.64. The molecule has 3 aromatic rings. The van der Waals surface area contributed by atoms with Gasteiger partial charge in [0.2, 0.25) is 5.43 Å². The molecule has 1 N–H and O–H groups in total. The Morgan fingerprint density at radius 2 is 1.88 bits per heavy atom. The van der Waals surface area contributed by atoms with E-state index < -0.39 is 23.0 Å². The van der Waals surface area contributed by atoms with Crippen LogP contribution in [0.5, 0.6) is 5.75 Å². The molecule has 222 valence electrons. The highest BCUT2D eigenvalue weighted by atomic mass is 19.1. The van der Waals surface area contributed by atoms with E-state index in [4.69, 9.17) is 4.74 Å². The van der Waals surface area contributed by atoms with Gasteiger partial charge in [0.05, 0.1) is 6.54 Å². The number of amides is 2. The van der Waals surface area contributed by atoms with E-state index in [2.05, 4.69) is 24.1 Å². The molecule has 0 spiro atoms. The number of halogens is 2. The van der Waals surface area contributed by atoms with Crippen LogP contribution in [0.3, 0.4) is 0 Å². The molecule has 2 atom stereocenters. The normalized spacial score (nSPS) is 18.5. The molecule has 0 radical (unpaired) electrons. The lowest BCUT2D eigenvalue weighted by atomic mass is 10.0. The minimum absolute atomic E-state index is 0.0295. The number of rotatable bonds is 9. The first kappa shape index (κ1) is 29.4. The molecular formula is C32H36F2N4O4. The molecule has 1 unspecified atom stereocenters. The molecule has 0 bridgehead atoms. The number of nitrogens with zero attached hydrogens (tertiary/aromatic N) is 3. The van der Waals surface area contributed by atoms with Gasteiger partial charge in [0, 0.05) is 43.5 Å². The molecule has 2 aliphatic rings. The van der Waals surface area contributed by atoms with E-state index in [0.717, 1.165) is 43.6 Å². The summed E-state index contributed by atoms with van der Waals surface area (Å²) in [5.74, 6) is -2.27. The van der Waals surface area contributed by atoms with Gasteiger partial charge in [0.25, 0.3) is 11.8 Å². The minimum Gasteiger partial charge on any atom is -0.483 e. The van der Waals surface area contributed by atoms with Crippen molar-refractivity contribution in [3.05, 3.63) is 99.0 Å². The zero-order valence-electron chi connectivity index (χ0n) is 24.1. The first-order chi connectivity index (χ1) is 20.1. The monoisotopic (exact) mass is 578 g/mol. The van der Waals surface area contributed by atoms with Crippen molar-refractivity contribution in [3.63, 3.8) is 0 Å². The molecule has 8 nitrogen and oxygen atoms in total. The number of carbonyl (C=O) groups excluding carboxylic acids is 2. The maximum atomic E-state index is 14.2. The van der Waals surface area contributed by atoms with Crippen LogP contribution >= 0.6 is 0 Å². The van der Waals surface area contributed by atoms with Crippen LogP contribution in [0.2, 0.25) is 0 Å². The minimum atomic E-state index is -0.803. The lowest BCUT2D eigenvalue weighted by molar-refractivity contribution is -0.0339. The predicted octanol–water partition coefficient (Wildman–Crippen LogP) is 4.56. The summed E-state index contributed by atoms with van der Waals surface area (Å²) in [5, 5.41) is 2.56. The van der Waals surface area contributed by atoms with Gasteiger partial charge in [0.1, 0.15) is 30.0 Å². The van der Waals surface area contributed by atoms with Gasteiger partial charge in [-0.15, -0.1) is 0 Å². The molecule has 1 aromatic heterocycles. The van der Waals surface area contributed by atoms with E-state index in [9.17, 15) is 23.2 Å². The molecule has 0 aliphatic carbocycles. The highest BCUT2D eigenvalue weighted by Crippen LogP contribution is 2.32. The van der Waals surface area contributed by atoms with Crippen LogP contribution in [0.25, 0.3) is 0 Å². The fraction of sp³-hybridized carbons (Fsp3) is 0.406. The van der Waals surface area contributed by atoms with E-state index in [-0.39, 0.29) is 53.8 Å². The fourth-order valence-corrected chi connectivity index (χ4v) is 5.60. The zero-order chi connectivity index (χ0) is 30.0. The van der Waals surface area contributed by atoms with Crippen LogP contribution < -0.4 is 15.5 Å². The third-order valence-electron chi connectivity index (χ3n) is 8.01. The molecule has 0 saturated carbocycles. The third-order valence-corrected chi connectivity index (χ3v) is 8.01. The van der Waals surface area contributed by atoms with Crippen molar-refractivity contribution in [2.45, 2.75) is 65.5 Å². The number of fused-ring (bicyclic) bond motifs is 2. The number of hydrogen-bond acceptors (Lipinski definition) is 5.